The highest BCUT2D eigenvalue weighted by atomic mass is 16.2. The Kier molecular flexibility index (Phi) is 5.63. The topological polar surface area (TPSA) is 49.4 Å². The molecule has 0 aromatic carbocycles. The largest absolute Gasteiger partial charge is 0.355 e. The predicted octanol–water partition coefficient (Wildman–Crippen LogP) is 1.80. The van der Waals surface area contributed by atoms with Gasteiger partial charge in [-0.1, -0.05) is 27.7 Å². The van der Waals surface area contributed by atoms with E-state index in [9.17, 15) is 9.59 Å². The van der Waals surface area contributed by atoms with Crippen molar-refractivity contribution < 1.29 is 9.59 Å². The van der Waals surface area contributed by atoms with Crippen molar-refractivity contribution in [3.8, 4) is 0 Å². The summed E-state index contributed by atoms with van der Waals surface area (Å²) in [6.45, 7) is 9.78. The minimum atomic E-state index is -0.156. The molecule has 0 radical (unpaired) electrons. The first-order chi connectivity index (χ1) is 8.49. The SMILES string of the molecule is CCC(CC)N(CC(C)C)C(=O)C1CNC(=O)C1. The molecule has 1 rings (SSSR count). The average molecular weight is 254 g/mol. The highest BCUT2D eigenvalue weighted by Gasteiger charge is 2.33. The van der Waals surface area contributed by atoms with Crippen LogP contribution in [-0.4, -0.2) is 35.8 Å². The third-order valence-electron chi connectivity index (χ3n) is 3.55. The highest BCUT2D eigenvalue weighted by molar-refractivity contribution is 5.89. The minimum absolute atomic E-state index is 0.00222. The zero-order valence-electron chi connectivity index (χ0n) is 12.0. The third kappa shape index (κ3) is 3.72. The number of hydrogen-bond donors (Lipinski definition) is 1. The van der Waals surface area contributed by atoms with E-state index in [4.69, 9.17) is 0 Å². The number of carbonyl (C=O) groups excluding carboxylic acids is 2. The maximum Gasteiger partial charge on any atom is 0.228 e. The molecule has 2 amide bonds. The van der Waals surface area contributed by atoms with Crippen LogP contribution in [0.5, 0.6) is 0 Å². The molecule has 0 bridgehead atoms. The van der Waals surface area contributed by atoms with Crippen LogP contribution in [0.15, 0.2) is 0 Å². The molecule has 1 aliphatic rings. The van der Waals surface area contributed by atoms with E-state index < -0.39 is 0 Å². The van der Waals surface area contributed by atoms with Gasteiger partial charge in [0.05, 0.1) is 5.92 Å². The summed E-state index contributed by atoms with van der Waals surface area (Å²) in [7, 11) is 0. The van der Waals surface area contributed by atoms with Crippen molar-refractivity contribution in [2.24, 2.45) is 11.8 Å². The zero-order valence-corrected chi connectivity index (χ0v) is 12.0. The third-order valence-corrected chi connectivity index (χ3v) is 3.55. The molecule has 104 valence electrons. The van der Waals surface area contributed by atoms with Gasteiger partial charge >= 0.3 is 0 Å². The minimum Gasteiger partial charge on any atom is -0.355 e. The molecule has 0 spiro atoms. The smallest absolute Gasteiger partial charge is 0.228 e. The van der Waals surface area contributed by atoms with Crippen LogP contribution < -0.4 is 5.32 Å². The maximum absolute atomic E-state index is 12.5. The van der Waals surface area contributed by atoms with E-state index in [0.717, 1.165) is 19.4 Å². The molecule has 0 saturated carbocycles. The molecule has 18 heavy (non-hydrogen) atoms. The summed E-state index contributed by atoms with van der Waals surface area (Å²) >= 11 is 0. The van der Waals surface area contributed by atoms with E-state index in [1.165, 1.54) is 0 Å². The molecule has 1 heterocycles. The zero-order chi connectivity index (χ0) is 13.7. The molecule has 1 fully saturated rings. The second kappa shape index (κ2) is 6.76. The number of nitrogens with one attached hydrogen (secondary N) is 1. The van der Waals surface area contributed by atoms with Crippen LogP contribution >= 0.6 is 0 Å². The van der Waals surface area contributed by atoms with Crippen molar-refractivity contribution in [2.45, 2.75) is 53.0 Å². The summed E-state index contributed by atoms with van der Waals surface area (Å²) in [5.74, 6) is 0.453. The number of amides is 2. The fourth-order valence-corrected chi connectivity index (χ4v) is 2.56. The van der Waals surface area contributed by atoms with Crippen LogP contribution in [0, 0.1) is 11.8 Å². The average Bonchev–Trinajstić information content (AvgIpc) is 2.74. The van der Waals surface area contributed by atoms with Crippen molar-refractivity contribution in [2.75, 3.05) is 13.1 Å². The van der Waals surface area contributed by atoms with Gasteiger partial charge < -0.3 is 10.2 Å². The molecule has 1 N–H and O–H groups in total. The van der Waals surface area contributed by atoms with Crippen LogP contribution in [0.2, 0.25) is 0 Å². The van der Waals surface area contributed by atoms with Gasteiger partial charge in [0.1, 0.15) is 0 Å². The van der Waals surface area contributed by atoms with E-state index in [1.54, 1.807) is 0 Å². The lowest BCUT2D eigenvalue weighted by molar-refractivity contribution is -0.138. The van der Waals surface area contributed by atoms with Crippen molar-refractivity contribution in [3.05, 3.63) is 0 Å². The van der Waals surface area contributed by atoms with Gasteiger partial charge in [0.25, 0.3) is 0 Å². The number of rotatable bonds is 6. The van der Waals surface area contributed by atoms with Crippen molar-refractivity contribution in [3.63, 3.8) is 0 Å². The van der Waals surface area contributed by atoms with Crippen molar-refractivity contribution in [1.82, 2.24) is 10.2 Å². The van der Waals surface area contributed by atoms with Gasteiger partial charge in [-0.05, 0) is 18.8 Å². The van der Waals surface area contributed by atoms with Crippen LogP contribution in [0.4, 0.5) is 0 Å². The van der Waals surface area contributed by atoms with E-state index in [1.807, 2.05) is 4.90 Å². The molecular weight excluding hydrogens is 228 g/mol. The van der Waals surface area contributed by atoms with Crippen LogP contribution in [0.1, 0.15) is 47.0 Å². The Morgan fingerprint density at radius 1 is 1.39 bits per heavy atom. The molecule has 1 unspecified atom stereocenters. The molecule has 1 aliphatic heterocycles. The molecule has 0 aliphatic carbocycles. The highest BCUT2D eigenvalue weighted by Crippen LogP contribution is 2.19. The summed E-state index contributed by atoms with van der Waals surface area (Å²) in [4.78, 5) is 25.7. The summed E-state index contributed by atoms with van der Waals surface area (Å²) in [6, 6.07) is 0.301. The lowest BCUT2D eigenvalue weighted by atomic mass is 10.0. The van der Waals surface area contributed by atoms with Gasteiger partial charge in [-0.2, -0.15) is 0 Å². The van der Waals surface area contributed by atoms with E-state index in [2.05, 4.69) is 33.0 Å². The summed E-state index contributed by atoms with van der Waals surface area (Å²) in [5, 5.41) is 2.75. The van der Waals surface area contributed by atoms with Crippen LogP contribution in [0.3, 0.4) is 0 Å². The Labute approximate surface area is 110 Å². The summed E-state index contributed by atoms with van der Waals surface area (Å²) in [6.07, 6.45) is 2.31. The number of carbonyl (C=O) groups is 2. The quantitative estimate of drug-likeness (QED) is 0.785. The maximum atomic E-state index is 12.5. The summed E-state index contributed by atoms with van der Waals surface area (Å²) < 4.78 is 0. The lowest BCUT2D eigenvalue weighted by Crippen LogP contribution is -2.45. The lowest BCUT2D eigenvalue weighted by Gasteiger charge is -2.33. The monoisotopic (exact) mass is 254 g/mol. The second-order valence-corrected chi connectivity index (χ2v) is 5.56. The van der Waals surface area contributed by atoms with Gasteiger partial charge in [0.15, 0.2) is 0 Å². The Balaban J connectivity index is 2.74. The van der Waals surface area contributed by atoms with E-state index in [0.29, 0.717) is 24.9 Å². The molecule has 0 aromatic rings. The van der Waals surface area contributed by atoms with Gasteiger partial charge in [-0.3, -0.25) is 9.59 Å². The first kappa shape index (κ1) is 15.0. The van der Waals surface area contributed by atoms with E-state index in [-0.39, 0.29) is 17.7 Å². The van der Waals surface area contributed by atoms with Gasteiger partial charge in [-0.15, -0.1) is 0 Å². The van der Waals surface area contributed by atoms with Gasteiger partial charge in [0.2, 0.25) is 11.8 Å². The molecule has 1 saturated heterocycles. The molecular formula is C14H26N2O2. The van der Waals surface area contributed by atoms with Crippen molar-refractivity contribution in [1.29, 1.82) is 0 Å². The first-order valence-corrected chi connectivity index (χ1v) is 7.06. The first-order valence-electron chi connectivity index (χ1n) is 7.06. The normalized spacial score (nSPS) is 19.4. The number of nitrogens with zero attached hydrogens (tertiary/aromatic N) is 1. The fourth-order valence-electron chi connectivity index (χ4n) is 2.56. The number of hydrogen-bond acceptors (Lipinski definition) is 2. The molecule has 1 atom stereocenters. The molecule has 0 aromatic heterocycles. The van der Waals surface area contributed by atoms with Gasteiger partial charge in [0, 0.05) is 25.6 Å². The standard InChI is InChI=1S/C14H26N2O2/c1-5-12(6-2)16(9-10(3)4)14(18)11-7-13(17)15-8-11/h10-12H,5-9H2,1-4H3,(H,15,17). The molecule has 4 nitrogen and oxygen atoms in total. The second-order valence-electron chi connectivity index (χ2n) is 5.56. The Hall–Kier alpha value is -1.06. The Morgan fingerprint density at radius 3 is 2.39 bits per heavy atom. The van der Waals surface area contributed by atoms with Gasteiger partial charge in [-0.25, -0.2) is 0 Å². The predicted molar refractivity (Wildman–Crippen MR) is 72.0 cm³/mol. The fraction of sp³-hybridized carbons (Fsp3) is 0.857. The Bertz CT molecular complexity index is 298. The Morgan fingerprint density at radius 2 is 2.00 bits per heavy atom. The van der Waals surface area contributed by atoms with Crippen LogP contribution in [-0.2, 0) is 9.59 Å². The van der Waals surface area contributed by atoms with Crippen LogP contribution in [0.25, 0.3) is 0 Å². The summed E-state index contributed by atoms with van der Waals surface area (Å²) in [5.41, 5.74) is 0. The molecule has 4 heteroatoms. The van der Waals surface area contributed by atoms with Crippen molar-refractivity contribution >= 4 is 11.8 Å². The van der Waals surface area contributed by atoms with E-state index >= 15 is 0 Å².